The first-order chi connectivity index (χ1) is 15.5. The van der Waals surface area contributed by atoms with E-state index in [9.17, 15) is 9.59 Å². The number of thioether (sulfide) groups is 1. The molecule has 4 rings (SSSR count). The van der Waals surface area contributed by atoms with Crippen molar-refractivity contribution >= 4 is 50.2 Å². The molecule has 1 aromatic carbocycles. The number of benzene rings is 1. The number of anilines is 2. The van der Waals surface area contributed by atoms with Gasteiger partial charge in [0.15, 0.2) is 15.9 Å². The second-order valence-electron chi connectivity index (χ2n) is 8.11. The van der Waals surface area contributed by atoms with E-state index in [1.807, 2.05) is 31.2 Å². The molecule has 0 bridgehead atoms. The summed E-state index contributed by atoms with van der Waals surface area (Å²) in [7, 11) is 0. The van der Waals surface area contributed by atoms with Crippen molar-refractivity contribution < 1.29 is 4.79 Å². The van der Waals surface area contributed by atoms with Gasteiger partial charge < -0.3 is 10.2 Å². The monoisotopic (exact) mass is 471 g/mol. The van der Waals surface area contributed by atoms with Crippen LogP contribution in [0.2, 0.25) is 0 Å². The second-order valence-corrected chi connectivity index (χ2v) is 10.0. The van der Waals surface area contributed by atoms with Crippen LogP contribution in [0, 0.1) is 5.92 Å². The van der Waals surface area contributed by atoms with Gasteiger partial charge in [-0.2, -0.15) is 4.98 Å². The Hall–Kier alpha value is -2.39. The molecule has 0 saturated carbocycles. The van der Waals surface area contributed by atoms with E-state index in [-0.39, 0.29) is 17.2 Å². The van der Waals surface area contributed by atoms with E-state index in [1.54, 1.807) is 4.57 Å². The predicted octanol–water partition coefficient (Wildman–Crippen LogP) is 4.40. The molecule has 7 nitrogen and oxygen atoms in total. The molecule has 1 amide bonds. The first-order valence-corrected chi connectivity index (χ1v) is 13.0. The van der Waals surface area contributed by atoms with Crippen LogP contribution in [-0.4, -0.2) is 39.3 Å². The molecule has 0 radical (unpaired) electrons. The fourth-order valence-corrected chi connectivity index (χ4v) is 5.73. The Bertz CT molecular complexity index is 1160. The van der Waals surface area contributed by atoms with Gasteiger partial charge in [-0.15, -0.1) is 0 Å². The Morgan fingerprint density at radius 2 is 1.97 bits per heavy atom. The van der Waals surface area contributed by atoms with E-state index in [1.165, 1.54) is 23.1 Å². The van der Waals surface area contributed by atoms with Gasteiger partial charge in [0.1, 0.15) is 4.70 Å². The SMILES string of the molecule is CCc1ccccc1NC(=O)CSc1nc2nc(N3CCC(C)CC3)sc2c(=O)n1CC. The van der Waals surface area contributed by atoms with Gasteiger partial charge in [0.05, 0.1) is 5.75 Å². The van der Waals surface area contributed by atoms with Crippen LogP contribution in [0.25, 0.3) is 10.3 Å². The maximum Gasteiger partial charge on any atom is 0.273 e. The number of carbonyl (C=O) groups excluding carboxylic acids is 1. The number of nitrogens with zero attached hydrogens (tertiary/aromatic N) is 4. The lowest BCUT2D eigenvalue weighted by Gasteiger charge is -2.29. The fraction of sp³-hybridized carbons (Fsp3) is 0.478. The summed E-state index contributed by atoms with van der Waals surface area (Å²) < 4.78 is 2.23. The van der Waals surface area contributed by atoms with Gasteiger partial charge in [-0.3, -0.25) is 14.2 Å². The molecule has 1 N–H and O–H groups in total. The highest BCUT2D eigenvalue weighted by Gasteiger charge is 2.22. The molecule has 170 valence electrons. The van der Waals surface area contributed by atoms with Gasteiger partial charge >= 0.3 is 0 Å². The summed E-state index contributed by atoms with van der Waals surface area (Å²) in [6.07, 6.45) is 3.12. The topological polar surface area (TPSA) is 80.1 Å². The maximum atomic E-state index is 13.1. The minimum atomic E-state index is -0.116. The van der Waals surface area contributed by atoms with Crippen molar-refractivity contribution in [2.24, 2.45) is 5.92 Å². The van der Waals surface area contributed by atoms with E-state index in [2.05, 4.69) is 34.0 Å². The number of para-hydroxylation sites is 1. The molecule has 0 aliphatic carbocycles. The number of fused-ring (bicyclic) bond motifs is 1. The van der Waals surface area contributed by atoms with Gasteiger partial charge in [0.2, 0.25) is 5.91 Å². The number of aryl methyl sites for hydroxylation is 1. The second kappa shape index (κ2) is 10.0. The lowest BCUT2D eigenvalue weighted by Crippen LogP contribution is -2.32. The third kappa shape index (κ3) is 4.83. The molecule has 1 fully saturated rings. The number of thiazole rings is 1. The molecule has 1 saturated heterocycles. The minimum Gasteiger partial charge on any atom is -0.348 e. The van der Waals surface area contributed by atoms with Gasteiger partial charge in [-0.05, 0) is 43.7 Å². The Kier molecular flexibility index (Phi) is 7.15. The van der Waals surface area contributed by atoms with E-state index >= 15 is 0 Å². The largest absolute Gasteiger partial charge is 0.348 e. The summed E-state index contributed by atoms with van der Waals surface area (Å²) in [4.78, 5) is 37.3. The molecule has 9 heteroatoms. The number of rotatable bonds is 7. The van der Waals surface area contributed by atoms with Crippen molar-refractivity contribution in [2.45, 2.75) is 51.7 Å². The molecule has 32 heavy (non-hydrogen) atoms. The van der Waals surface area contributed by atoms with Crippen LogP contribution < -0.4 is 15.8 Å². The molecule has 0 atom stereocenters. The fourth-order valence-electron chi connectivity index (χ4n) is 3.87. The quantitative estimate of drug-likeness (QED) is 0.406. The van der Waals surface area contributed by atoms with Crippen LogP contribution in [0.15, 0.2) is 34.2 Å². The molecule has 3 aromatic rings. The average molecular weight is 472 g/mol. The predicted molar refractivity (Wildman–Crippen MR) is 133 cm³/mol. The van der Waals surface area contributed by atoms with Gasteiger partial charge in [0.25, 0.3) is 5.56 Å². The van der Waals surface area contributed by atoms with Gasteiger partial charge in [-0.1, -0.05) is 55.1 Å². The van der Waals surface area contributed by atoms with Crippen molar-refractivity contribution in [1.82, 2.24) is 14.5 Å². The van der Waals surface area contributed by atoms with E-state index < -0.39 is 0 Å². The van der Waals surface area contributed by atoms with Crippen molar-refractivity contribution in [3.05, 3.63) is 40.2 Å². The summed E-state index contributed by atoms with van der Waals surface area (Å²) >= 11 is 2.71. The number of aromatic nitrogens is 3. The van der Waals surface area contributed by atoms with Gasteiger partial charge in [0, 0.05) is 25.3 Å². The molecular weight excluding hydrogens is 442 g/mol. The van der Waals surface area contributed by atoms with Crippen LogP contribution in [0.4, 0.5) is 10.8 Å². The van der Waals surface area contributed by atoms with E-state index in [0.29, 0.717) is 22.0 Å². The molecule has 1 aliphatic rings. The lowest BCUT2D eigenvalue weighted by molar-refractivity contribution is -0.113. The van der Waals surface area contributed by atoms with Crippen LogP contribution in [-0.2, 0) is 17.8 Å². The molecule has 0 spiro atoms. The highest BCUT2D eigenvalue weighted by Crippen LogP contribution is 2.30. The smallest absolute Gasteiger partial charge is 0.273 e. The van der Waals surface area contributed by atoms with Crippen LogP contribution in [0.1, 0.15) is 39.2 Å². The van der Waals surface area contributed by atoms with E-state index in [4.69, 9.17) is 0 Å². The van der Waals surface area contributed by atoms with Crippen LogP contribution >= 0.6 is 23.1 Å². The maximum absolute atomic E-state index is 13.1. The normalized spacial score (nSPS) is 14.8. The third-order valence-electron chi connectivity index (χ3n) is 5.84. The Labute approximate surface area is 196 Å². The molecule has 3 heterocycles. The zero-order chi connectivity index (χ0) is 22.7. The van der Waals surface area contributed by atoms with Crippen molar-refractivity contribution in [3.63, 3.8) is 0 Å². The molecule has 1 aliphatic heterocycles. The highest BCUT2D eigenvalue weighted by molar-refractivity contribution is 7.99. The van der Waals surface area contributed by atoms with Crippen molar-refractivity contribution in [3.8, 4) is 0 Å². The van der Waals surface area contributed by atoms with Crippen LogP contribution in [0.3, 0.4) is 0 Å². The summed E-state index contributed by atoms with van der Waals surface area (Å²) in [6.45, 7) is 8.68. The summed E-state index contributed by atoms with van der Waals surface area (Å²) in [6, 6.07) is 7.80. The standard InChI is InChI=1S/C23H29N5O2S2/c1-4-16-8-6-7-9-17(16)24-18(29)14-31-23-26-20-19(21(30)28(23)5-2)32-22(25-20)27-12-10-15(3)11-13-27/h6-9,15H,4-5,10-14H2,1-3H3,(H,24,29). The Morgan fingerprint density at radius 3 is 2.69 bits per heavy atom. The minimum absolute atomic E-state index is 0.0779. The molecular formula is C23H29N5O2S2. The number of hydrogen-bond donors (Lipinski definition) is 1. The zero-order valence-corrected chi connectivity index (χ0v) is 20.4. The Morgan fingerprint density at radius 1 is 1.22 bits per heavy atom. The Balaban J connectivity index is 1.53. The highest BCUT2D eigenvalue weighted by atomic mass is 32.2. The molecule has 2 aromatic heterocycles. The van der Waals surface area contributed by atoms with Gasteiger partial charge in [-0.25, -0.2) is 4.98 Å². The first-order valence-electron chi connectivity index (χ1n) is 11.2. The van der Waals surface area contributed by atoms with E-state index in [0.717, 1.165) is 54.7 Å². The number of nitrogens with one attached hydrogen (secondary N) is 1. The summed E-state index contributed by atoms with van der Waals surface area (Å²) in [5.74, 6) is 0.792. The first kappa shape index (κ1) is 22.8. The zero-order valence-electron chi connectivity index (χ0n) is 18.8. The molecule has 0 unspecified atom stereocenters. The summed E-state index contributed by atoms with van der Waals surface area (Å²) in [5, 5.41) is 4.38. The van der Waals surface area contributed by atoms with Crippen molar-refractivity contribution in [1.29, 1.82) is 0 Å². The average Bonchev–Trinajstić information content (AvgIpc) is 3.23. The third-order valence-corrected chi connectivity index (χ3v) is 7.91. The number of amides is 1. The lowest BCUT2D eigenvalue weighted by atomic mass is 10.00. The number of hydrogen-bond acceptors (Lipinski definition) is 7. The number of carbonyl (C=O) groups is 1. The van der Waals surface area contributed by atoms with Crippen molar-refractivity contribution in [2.75, 3.05) is 29.1 Å². The summed E-state index contributed by atoms with van der Waals surface area (Å²) in [5.41, 5.74) is 2.33. The number of piperidine rings is 1. The van der Waals surface area contributed by atoms with Crippen LogP contribution in [0.5, 0.6) is 0 Å².